The van der Waals surface area contributed by atoms with Crippen LogP contribution in [0.1, 0.15) is 35.6 Å². The quantitative estimate of drug-likeness (QED) is 0.695. The highest BCUT2D eigenvalue weighted by Crippen LogP contribution is 2.14. The lowest BCUT2D eigenvalue weighted by Crippen LogP contribution is -2.30. The molecule has 0 atom stereocenters. The van der Waals surface area contributed by atoms with Crippen LogP contribution in [0.3, 0.4) is 0 Å². The molecule has 0 saturated heterocycles. The lowest BCUT2D eigenvalue weighted by molar-refractivity contribution is 0.0943. The Morgan fingerprint density at radius 3 is 3.12 bits per heavy atom. The molecule has 16 heavy (non-hydrogen) atoms. The zero-order chi connectivity index (χ0) is 11.5. The molecule has 1 aromatic rings. The molecule has 5 heteroatoms. The number of carbonyl (C=O) groups is 1. The van der Waals surface area contributed by atoms with Gasteiger partial charge in [0.05, 0.1) is 0 Å². The molecule has 1 aliphatic rings. The fourth-order valence-electron chi connectivity index (χ4n) is 1.79. The van der Waals surface area contributed by atoms with Gasteiger partial charge in [0.15, 0.2) is 5.69 Å². The van der Waals surface area contributed by atoms with Gasteiger partial charge in [-0.1, -0.05) is 13.8 Å². The molecule has 2 rings (SSSR count). The lowest BCUT2D eigenvalue weighted by atomic mass is 10.1. The summed E-state index contributed by atoms with van der Waals surface area (Å²) in [5.74, 6) is 0.381. The molecule has 0 fully saturated rings. The molecule has 0 spiro atoms. The Kier molecular flexibility index (Phi) is 3.24. The first-order valence-electron chi connectivity index (χ1n) is 5.73. The van der Waals surface area contributed by atoms with Crippen molar-refractivity contribution in [3.8, 4) is 0 Å². The van der Waals surface area contributed by atoms with Crippen molar-refractivity contribution in [2.45, 2.75) is 26.8 Å². The first kappa shape index (κ1) is 11.1. The highest BCUT2D eigenvalue weighted by atomic mass is 16.1. The summed E-state index contributed by atoms with van der Waals surface area (Å²) in [7, 11) is 0. The summed E-state index contributed by atoms with van der Waals surface area (Å²) in [6.45, 7) is 6.51. The topological polar surface area (TPSA) is 69.8 Å². The fraction of sp³-hybridized carbons (Fsp3) is 0.636. The highest BCUT2D eigenvalue weighted by molar-refractivity contribution is 5.94. The molecule has 3 N–H and O–H groups in total. The fourth-order valence-corrected chi connectivity index (χ4v) is 1.79. The molecule has 0 saturated carbocycles. The maximum atomic E-state index is 11.9. The first-order chi connectivity index (χ1) is 7.68. The van der Waals surface area contributed by atoms with Gasteiger partial charge in [0.25, 0.3) is 5.91 Å². The number of fused-ring (bicyclic) bond motifs is 1. The molecule has 1 aliphatic heterocycles. The van der Waals surface area contributed by atoms with Crippen LogP contribution in [0.4, 0.5) is 0 Å². The predicted octanol–water partition coefficient (Wildman–Crippen LogP) is 0.441. The summed E-state index contributed by atoms with van der Waals surface area (Å²) in [5, 5.41) is 13.2. The average Bonchev–Trinajstić information content (AvgIpc) is 2.69. The summed E-state index contributed by atoms with van der Waals surface area (Å²) in [6.07, 6.45) is 0.916. The second kappa shape index (κ2) is 4.65. The van der Waals surface area contributed by atoms with E-state index in [0.29, 0.717) is 18.2 Å². The van der Waals surface area contributed by atoms with Crippen molar-refractivity contribution in [1.82, 2.24) is 20.8 Å². The number of aromatic nitrogens is 2. The van der Waals surface area contributed by atoms with E-state index in [2.05, 4.69) is 34.7 Å². The van der Waals surface area contributed by atoms with Crippen molar-refractivity contribution in [2.24, 2.45) is 5.92 Å². The Morgan fingerprint density at radius 2 is 2.38 bits per heavy atom. The minimum atomic E-state index is -0.0742. The van der Waals surface area contributed by atoms with E-state index in [-0.39, 0.29) is 5.91 Å². The Labute approximate surface area is 95.0 Å². The molecule has 1 aromatic heterocycles. The Hall–Kier alpha value is -1.36. The van der Waals surface area contributed by atoms with E-state index in [0.717, 1.165) is 30.8 Å². The average molecular weight is 222 g/mol. The van der Waals surface area contributed by atoms with Crippen LogP contribution in [0.5, 0.6) is 0 Å². The molecule has 0 aliphatic carbocycles. The van der Waals surface area contributed by atoms with Crippen molar-refractivity contribution >= 4 is 5.91 Å². The first-order valence-corrected chi connectivity index (χ1v) is 5.73. The van der Waals surface area contributed by atoms with E-state index < -0.39 is 0 Å². The van der Waals surface area contributed by atoms with E-state index in [1.165, 1.54) is 0 Å². The summed E-state index contributed by atoms with van der Waals surface area (Å²) >= 11 is 0. The van der Waals surface area contributed by atoms with Crippen LogP contribution in [0.25, 0.3) is 0 Å². The number of nitrogens with one attached hydrogen (secondary N) is 3. The summed E-state index contributed by atoms with van der Waals surface area (Å²) in [4.78, 5) is 11.9. The normalized spacial score (nSPS) is 14.9. The van der Waals surface area contributed by atoms with Crippen LogP contribution < -0.4 is 10.6 Å². The number of hydrogen-bond donors (Lipinski definition) is 3. The number of aromatic amines is 1. The molecule has 0 aromatic carbocycles. The van der Waals surface area contributed by atoms with Crippen molar-refractivity contribution < 1.29 is 4.79 Å². The van der Waals surface area contributed by atoms with Crippen molar-refractivity contribution in [2.75, 3.05) is 13.1 Å². The second-order valence-corrected chi connectivity index (χ2v) is 4.56. The molecular formula is C11H18N4O. The molecule has 0 unspecified atom stereocenters. The van der Waals surface area contributed by atoms with E-state index in [1.54, 1.807) is 0 Å². The number of H-pyrrole nitrogens is 1. The van der Waals surface area contributed by atoms with Crippen LogP contribution >= 0.6 is 0 Å². The molecular weight excluding hydrogens is 204 g/mol. The van der Waals surface area contributed by atoms with Gasteiger partial charge < -0.3 is 10.6 Å². The van der Waals surface area contributed by atoms with E-state index in [1.807, 2.05) is 0 Å². The number of nitrogens with zero attached hydrogens (tertiary/aromatic N) is 1. The van der Waals surface area contributed by atoms with Crippen LogP contribution in [0.2, 0.25) is 0 Å². The van der Waals surface area contributed by atoms with Gasteiger partial charge in [0.2, 0.25) is 0 Å². The standard InChI is InChI=1S/C11H18N4O/c1-7(2)5-13-11(16)10-8-6-12-4-3-9(8)14-15-10/h7,12H,3-6H2,1-2H3,(H,13,16)(H,14,15). The SMILES string of the molecule is CC(C)CNC(=O)c1n[nH]c2c1CNCC2. The number of carbonyl (C=O) groups excluding carboxylic acids is 1. The Bertz CT molecular complexity index is 383. The van der Waals surface area contributed by atoms with Gasteiger partial charge in [-0.2, -0.15) is 5.10 Å². The van der Waals surface area contributed by atoms with Crippen molar-refractivity contribution in [3.05, 3.63) is 17.0 Å². The Balaban J connectivity index is 2.08. The molecule has 5 nitrogen and oxygen atoms in total. The third kappa shape index (κ3) is 2.24. The number of rotatable bonds is 3. The molecule has 1 amide bonds. The van der Waals surface area contributed by atoms with Gasteiger partial charge in [-0.05, 0) is 5.92 Å². The van der Waals surface area contributed by atoms with E-state index in [9.17, 15) is 4.79 Å². The summed E-state index contributed by atoms with van der Waals surface area (Å²) in [5.41, 5.74) is 2.66. The van der Waals surface area contributed by atoms with Gasteiger partial charge in [-0.15, -0.1) is 0 Å². The van der Waals surface area contributed by atoms with Crippen LogP contribution in [-0.2, 0) is 13.0 Å². The minimum absolute atomic E-state index is 0.0742. The highest BCUT2D eigenvalue weighted by Gasteiger charge is 2.21. The molecule has 2 heterocycles. The Morgan fingerprint density at radius 1 is 1.56 bits per heavy atom. The second-order valence-electron chi connectivity index (χ2n) is 4.56. The predicted molar refractivity (Wildman–Crippen MR) is 61.2 cm³/mol. The zero-order valence-electron chi connectivity index (χ0n) is 9.76. The molecule has 88 valence electrons. The van der Waals surface area contributed by atoms with E-state index in [4.69, 9.17) is 0 Å². The third-order valence-corrected chi connectivity index (χ3v) is 2.69. The largest absolute Gasteiger partial charge is 0.350 e. The lowest BCUT2D eigenvalue weighted by Gasteiger charge is -2.13. The van der Waals surface area contributed by atoms with Gasteiger partial charge in [-0.3, -0.25) is 9.89 Å². The van der Waals surface area contributed by atoms with E-state index >= 15 is 0 Å². The summed E-state index contributed by atoms with van der Waals surface area (Å²) in [6, 6.07) is 0. The molecule has 0 bridgehead atoms. The smallest absolute Gasteiger partial charge is 0.272 e. The number of hydrogen-bond acceptors (Lipinski definition) is 3. The monoisotopic (exact) mass is 222 g/mol. The minimum Gasteiger partial charge on any atom is -0.350 e. The molecule has 0 radical (unpaired) electrons. The maximum absolute atomic E-state index is 11.9. The van der Waals surface area contributed by atoms with Gasteiger partial charge >= 0.3 is 0 Å². The zero-order valence-corrected chi connectivity index (χ0v) is 9.76. The van der Waals surface area contributed by atoms with Gasteiger partial charge in [-0.25, -0.2) is 0 Å². The number of amides is 1. The van der Waals surface area contributed by atoms with Crippen LogP contribution in [-0.4, -0.2) is 29.2 Å². The van der Waals surface area contributed by atoms with Crippen molar-refractivity contribution in [3.63, 3.8) is 0 Å². The van der Waals surface area contributed by atoms with Gasteiger partial charge in [0, 0.05) is 37.3 Å². The third-order valence-electron chi connectivity index (χ3n) is 2.69. The summed E-state index contributed by atoms with van der Waals surface area (Å²) < 4.78 is 0. The van der Waals surface area contributed by atoms with Crippen molar-refractivity contribution in [1.29, 1.82) is 0 Å². The maximum Gasteiger partial charge on any atom is 0.272 e. The van der Waals surface area contributed by atoms with Gasteiger partial charge in [0.1, 0.15) is 0 Å². The van der Waals surface area contributed by atoms with Crippen LogP contribution in [0, 0.1) is 5.92 Å². The van der Waals surface area contributed by atoms with Crippen LogP contribution in [0.15, 0.2) is 0 Å².